The Morgan fingerprint density at radius 3 is 2.46 bits per heavy atom. The predicted molar refractivity (Wildman–Crippen MR) is 91.3 cm³/mol. The number of fused-ring (bicyclic) bond motifs is 5. The first kappa shape index (κ1) is 18.4. The molecule has 146 valence electrons. The van der Waals surface area contributed by atoms with Gasteiger partial charge >= 0.3 is 6.18 Å². The van der Waals surface area contributed by atoms with Crippen LogP contribution >= 0.6 is 0 Å². The summed E-state index contributed by atoms with van der Waals surface area (Å²) in [5.41, 5.74) is -3.69. The van der Waals surface area contributed by atoms with E-state index in [0.29, 0.717) is 6.07 Å². The third kappa shape index (κ3) is 2.22. The van der Waals surface area contributed by atoms with E-state index in [-0.39, 0.29) is 29.8 Å². The van der Waals surface area contributed by atoms with Gasteiger partial charge in [-0.05, 0) is 31.2 Å². The van der Waals surface area contributed by atoms with Crippen LogP contribution in [0.2, 0.25) is 0 Å². The number of halogens is 3. The molecule has 3 N–H and O–H groups in total. The normalized spacial score (nSPS) is 25.1. The zero-order valence-corrected chi connectivity index (χ0v) is 14.6. The van der Waals surface area contributed by atoms with Crippen molar-refractivity contribution in [3.8, 4) is 17.4 Å². The molecule has 2 aliphatic heterocycles. The van der Waals surface area contributed by atoms with Crippen molar-refractivity contribution >= 4 is 5.69 Å². The Morgan fingerprint density at radius 1 is 1.18 bits per heavy atom. The van der Waals surface area contributed by atoms with Gasteiger partial charge in [-0.1, -0.05) is 6.07 Å². The monoisotopic (exact) mass is 392 g/mol. The number of aromatic hydroxyl groups is 2. The molecule has 9 heteroatoms. The maximum atomic E-state index is 13.3. The van der Waals surface area contributed by atoms with E-state index in [1.54, 1.807) is 19.1 Å². The van der Waals surface area contributed by atoms with Crippen LogP contribution in [0.15, 0.2) is 30.4 Å². The van der Waals surface area contributed by atoms with Crippen LogP contribution in [0.25, 0.3) is 10.5 Å². The highest BCUT2D eigenvalue weighted by atomic mass is 19.4. The Kier molecular flexibility index (Phi) is 3.63. The van der Waals surface area contributed by atoms with Gasteiger partial charge < -0.3 is 20.1 Å². The average Bonchev–Trinajstić information content (AvgIpc) is 3.19. The highest BCUT2D eigenvalue weighted by Gasteiger charge is 2.58. The first-order chi connectivity index (χ1) is 13.1. The standard InChI is InChI=1S/C19H15F3N2O4/c1-17-5-6-18(28-17,7-8-25)14-13(17)15(26)24(16(14)27)10-3-4-12(23-2)11(9-10)19(20,21)22/h3-6,9,25-27H,7-8H2,1H3. The second kappa shape index (κ2) is 5.53. The molecule has 0 spiro atoms. The lowest BCUT2D eigenvalue weighted by Crippen LogP contribution is -2.24. The van der Waals surface area contributed by atoms with Crippen molar-refractivity contribution in [3.05, 3.63) is 58.5 Å². The number of aliphatic hydroxyl groups is 1. The molecule has 28 heavy (non-hydrogen) atoms. The molecule has 1 aromatic carbocycles. The molecule has 0 amide bonds. The number of aliphatic hydroxyl groups excluding tert-OH is 1. The largest absolute Gasteiger partial charge is 0.494 e. The fraction of sp³-hybridized carbons (Fsp3) is 0.316. The first-order valence-electron chi connectivity index (χ1n) is 8.36. The summed E-state index contributed by atoms with van der Waals surface area (Å²) in [4.78, 5) is 2.89. The van der Waals surface area contributed by atoms with Gasteiger partial charge in [0, 0.05) is 13.0 Å². The molecule has 2 aromatic rings. The topological polar surface area (TPSA) is 79.2 Å². The predicted octanol–water partition coefficient (Wildman–Crippen LogP) is 3.85. The zero-order chi connectivity index (χ0) is 20.5. The third-order valence-corrected chi connectivity index (χ3v) is 5.25. The van der Waals surface area contributed by atoms with E-state index in [9.17, 15) is 28.5 Å². The number of alkyl halides is 3. The van der Waals surface area contributed by atoms with Crippen molar-refractivity contribution in [2.75, 3.05) is 6.61 Å². The van der Waals surface area contributed by atoms with E-state index >= 15 is 0 Å². The Bertz CT molecular complexity index is 1070. The lowest BCUT2D eigenvalue weighted by Gasteiger charge is -2.24. The van der Waals surface area contributed by atoms with E-state index in [4.69, 9.17) is 11.3 Å². The first-order valence-corrected chi connectivity index (χ1v) is 8.36. The number of ether oxygens (including phenoxy) is 1. The average molecular weight is 392 g/mol. The minimum atomic E-state index is -4.77. The number of benzene rings is 1. The summed E-state index contributed by atoms with van der Waals surface area (Å²) in [6.45, 7) is 8.32. The van der Waals surface area contributed by atoms with Crippen molar-refractivity contribution in [1.29, 1.82) is 0 Å². The Balaban J connectivity index is 1.96. The molecular weight excluding hydrogens is 377 g/mol. The van der Waals surface area contributed by atoms with Gasteiger partial charge in [-0.15, -0.1) is 0 Å². The Hall–Kier alpha value is -2.96. The molecular formula is C19H15F3N2O4. The maximum absolute atomic E-state index is 13.3. The summed E-state index contributed by atoms with van der Waals surface area (Å²) in [6.07, 6.45) is -1.33. The molecule has 0 radical (unpaired) electrons. The minimum Gasteiger partial charge on any atom is -0.494 e. The van der Waals surface area contributed by atoms with Crippen molar-refractivity contribution in [2.45, 2.75) is 30.7 Å². The van der Waals surface area contributed by atoms with Crippen LogP contribution in [0.4, 0.5) is 18.9 Å². The fourth-order valence-corrected chi connectivity index (χ4v) is 4.08. The Morgan fingerprint density at radius 2 is 1.86 bits per heavy atom. The van der Waals surface area contributed by atoms with Crippen LogP contribution in [-0.2, 0) is 22.1 Å². The van der Waals surface area contributed by atoms with Crippen molar-refractivity contribution in [3.63, 3.8) is 0 Å². The molecule has 0 fully saturated rings. The number of hydrogen-bond acceptors (Lipinski definition) is 4. The number of hydrogen-bond donors (Lipinski definition) is 3. The van der Waals surface area contributed by atoms with Gasteiger partial charge in [0.05, 0.1) is 28.9 Å². The number of aromatic nitrogens is 1. The highest BCUT2D eigenvalue weighted by Crippen LogP contribution is 2.62. The van der Waals surface area contributed by atoms with E-state index in [1.165, 1.54) is 6.07 Å². The quantitative estimate of drug-likeness (QED) is 0.548. The smallest absolute Gasteiger partial charge is 0.407 e. The summed E-state index contributed by atoms with van der Waals surface area (Å²) in [6, 6.07) is 2.91. The summed E-state index contributed by atoms with van der Waals surface area (Å²) in [5, 5.41) is 31.0. The summed E-state index contributed by atoms with van der Waals surface area (Å²) < 4.78 is 46.8. The van der Waals surface area contributed by atoms with Crippen LogP contribution in [0, 0.1) is 6.57 Å². The molecule has 2 atom stereocenters. The molecule has 2 unspecified atom stereocenters. The van der Waals surface area contributed by atoms with Crippen molar-refractivity contribution in [2.24, 2.45) is 0 Å². The van der Waals surface area contributed by atoms with Gasteiger partial charge in [-0.2, -0.15) is 13.2 Å². The van der Waals surface area contributed by atoms with Gasteiger partial charge in [0.15, 0.2) is 5.69 Å². The highest BCUT2D eigenvalue weighted by molar-refractivity contribution is 5.66. The van der Waals surface area contributed by atoms with Crippen LogP contribution in [0.1, 0.15) is 30.0 Å². The minimum absolute atomic E-state index is 0.105. The van der Waals surface area contributed by atoms with Gasteiger partial charge in [0.25, 0.3) is 0 Å². The van der Waals surface area contributed by atoms with E-state index in [2.05, 4.69) is 4.85 Å². The molecule has 0 saturated carbocycles. The van der Waals surface area contributed by atoms with Crippen molar-refractivity contribution in [1.82, 2.24) is 4.57 Å². The maximum Gasteiger partial charge on any atom is 0.407 e. The molecule has 2 aliphatic rings. The van der Waals surface area contributed by atoms with Crippen LogP contribution in [0.5, 0.6) is 11.8 Å². The van der Waals surface area contributed by atoms with Crippen LogP contribution < -0.4 is 0 Å². The Labute approximate surface area is 157 Å². The van der Waals surface area contributed by atoms with E-state index in [0.717, 1.165) is 10.6 Å². The van der Waals surface area contributed by atoms with E-state index < -0.39 is 40.4 Å². The molecule has 1 aromatic heterocycles. The third-order valence-electron chi connectivity index (χ3n) is 5.25. The zero-order valence-electron chi connectivity index (χ0n) is 14.6. The van der Waals surface area contributed by atoms with Crippen molar-refractivity contribution < 1.29 is 33.2 Å². The summed E-state index contributed by atoms with van der Waals surface area (Å²) >= 11 is 0. The summed E-state index contributed by atoms with van der Waals surface area (Å²) in [7, 11) is 0. The van der Waals surface area contributed by atoms with Gasteiger partial charge in [-0.25, -0.2) is 4.85 Å². The molecule has 0 saturated heterocycles. The molecule has 2 bridgehead atoms. The molecule has 0 aliphatic carbocycles. The molecule has 3 heterocycles. The second-order valence-electron chi connectivity index (χ2n) is 6.95. The number of rotatable bonds is 3. The van der Waals surface area contributed by atoms with Gasteiger partial charge in [0.1, 0.15) is 11.2 Å². The van der Waals surface area contributed by atoms with Gasteiger partial charge in [0.2, 0.25) is 11.8 Å². The summed E-state index contributed by atoms with van der Waals surface area (Å²) in [5.74, 6) is -0.930. The van der Waals surface area contributed by atoms with Crippen LogP contribution in [-0.4, -0.2) is 26.5 Å². The molecule has 6 nitrogen and oxygen atoms in total. The lowest BCUT2D eigenvalue weighted by atomic mass is 9.83. The SMILES string of the molecule is [C-]#[N+]c1ccc(-n2c(O)c3c(c2O)C2(CCO)C=CC3(C)O2)cc1C(F)(F)F. The number of nitrogens with zero attached hydrogens (tertiary/aromatic N) is 2. The molecule has 4 rings (SSSR count). The van der Waals surface area contributed by atoms with E-state index in [1.807, 2.05) is 0 Å². The van der Waals surface area contributed by atoms with Gasteiger partial charge in [-0.3, -0.25) is 4.57 Å². The fourth-order valence-electron chi connectivity index (χ4n) is 4.08. The lowest BCUT2D eigenvalue weighted by molar-refractivity contribution is -0.136. The van der Waals surface area contributed by atoms with Crippen LogP contribution in [0.3, 0.4) is 0 Å². The second-order valence-corrected chi connectivity index (χ2v) is 6.95.